The highest BCUT2D eigenvalue weighted by molar-refractivity contribution is 9.10. The number of ether oxygens (including phenoxy) is 1. The standard InChI is InChI=1S/C20H20BrNO3/c21-17-7-3-4-8-18(17)22-19(23)13-25-20(24)12-14-9-10-15-5-1-2-6-16(15)11-14/h3-4,7-11H,1-2,5-6,12-13H2,(H,22,23). The Balaban J connectivity index is 1.49. The Bertz CT molecular complexity index is 788. The van der Waals surface area contributed by atoms with Crippen LogP contribution in [0.15, 0.2) is 46.9 Å². The van der Waals surface area contributed by atoms with Crippen molar-refractivity contribution in [2.24, 2.45) is 0 Å². The molecule has 0 heterocycles. The molecule has 1 amide bonds. The van der Waals surface area contributed by atoms with Gasteiger partial charge in [-0.15, -0.1) is 0 Å². The van der Waals surface area contributed by atoms with Gasteiger partial charge in [-0.2, -0.15) is 0 Å². The van der Waals surface area contributed by atoms with Crippen molar-refractivity contribution in [3.05, 3.63) is 63.6 Å². The molecular formula is C20H20BrNO3. The molecule has 5 heteroatoms. The molecule has 1 aliphatic carbocycles. The van der Waals surface area contributed by atoms with E-state index in [1.807, 2.05) is 24.3 Å². The zero-order valence-electron chi connectivity index (χ0n) is 13.9. The van der Waals surface area contributed by atoms with E-state index in [2.05, 4.69) is 33.4 Å². The van der Waals surface area contributed by atoms with Gasteiger partial charge in [-0.05, 0) is 70.4 Å². The van der Waals surface area contributed by atoms with Crippen molar-refractivity contribution >= 4 is 33.5 Å². The molecule has 0 atom stereocenters. The van der Waals surface area contributed by atoms with Crippen molar-refractivity contribution in [2.45, 2.75) is 32.1 Å². The minimum Gasteiger partial charge on any atom is -0.455 e. The molecule has 0 unspecified atom stereocenters. The second-order valence-electron chi connectivity index (χ2n) is 6.18. The Morgan fingerprint density at radius 2 is 1.80 bits per heavy atom. The van der Waals surface area contributed by atoms with Crippen LogP contribution >= 0.6 is 15.9 Å². The van der Waals surface area contributed by atoms with Crippen molar-refractivity contribution < 1.29 is 14.3 Å². The summed E-state index contributed by atoms with van der Waals surface area (Å²) in [4.78, 5) is 23.9. The predicted octanol–water partition coefficient (Wildman–Crippen LogP) is 4.05. The number of amides is 1. The number of hydrogen-bond donors (Lipinski definition) is 1. The van der Waals surface area contributed by atoms with Crippen LogP contribution in [0.3, 0.4) is 0 Å². The Kier molecular flexibility index (Phi) is 5.87. The zero-order valence-corrected chi connectivity index (χ0v) is 15.5. The predicted molar refractivity (Wildman–Crippen MR) is 101 cm³/mol. The highest BCUT2D eigenvalue weighted by Crippen LogP contribution is 2.23. The zero-order chi connectivity index (χ0) is 17.6. The molecule has 0 saturated carbocycles. The van der Waals surface area contributed by atoms with Crippen LogP contribution < -0.4 is 5.32 Å². The van der Waals surface area contributed by atoms with Crippen molar-refractivity contribution in [2.75, 3.05) is 11.9 Å². The third-order valence-electron chi connectivity index (χ3n) is 4.27. The van der Waals surface area contributed by atoms with Crippen LogP contribution in [0.1, 0.15) is 29.5 Å². The van der Waals surface area contributed by atoms with Crippen LogP contribution in [0.2, 0.25) is 0 Å². The SMILES string of the molecule is O=C(COC(=O)Cc1ccc2c(c1)CCCC2)Nc1ccccc1Br. The van der Waals surface area contributed by atoms with Gasteiger partial charge in [0.25, 0.3) is 5.91 Å². The van der Waals surface area contributed by atoms with Gasteiger partial charge in [0.1, 0.15) is 0 Å². The summed E-state index contributed by atoms with van der Waals surface area (Å²) in [6, 6.07) is 13.5. The molecule has 2 aromatic carbocycles. The first-order chi connectivity index (χ1) is 12.1. The number of para-hydroxylation sites is 1. The number of carbonyl (C=O) groups excluding carboxylic acids is 2. The van der Waals surface area contributed by atoms with E-state index in [9.17, 15) is 9.59 Å². The van der Waals surface area contributed by atoms with E-state index in [0.29, 0.717) is 5.69 Å². The summed E-state index contributed by atoms with van der Waals surface area (Å²) in [5.74, 6) is -0.747. The van der Waals surface area contributed by atoms with Crippen molar-refractivity contribution in [1.82, 2.24) is 0 Å². The lowest BCUT2D eigenvalue weighted by atomic mass is 9.90. The van der Waals surface area contributed by atoms with E-state index in [1.54, 1.807) is 6.07 Å². The fourth-order valence-corrected chi connectivity index (χ4v) is 3.39. The molecule has 130 valence electrons. The average molecular weight is 402 g/mol. The third-order valence-corrected chi connectivity index (χ3v) is 4.97. The van der Waals surface area contributed by atoms with Crippen LogP contribution in [-0.2, 0) is 33.6 Å². The maximum absolute atomic E-state index is 12.0. The second kappa shape index (κ2) is 8.30. The lowest BCUT2D eigenvalue weighted by Crippen LogP contribution is -2.21. The van der Waals surface area contributed by atoms with Gasteiger partial charge in [0.2, 0.25) is 0 Å². The minimum atomic E-state index is -0.391. The molecule has 0 aromatic heterocycles. The second-order valence-corrected chi connectivity index (χ2v) is 7.03. The molecule has 2 aromatic rings. The van der Waals surface area contributed by atoms with E-state index in [4.69, 9.17) is 4.74 Å². The molecule has 25 heavy (non-hydrogen) atoms. The number of benzene rings is 2. The van der Waals surface area contributed by atoms with Crippen molar-refractivity contribution in [1.29, 1.82) is 0 Å². The van der Waals surface area contributed by atoms with E-state index in [0.717, 1.165) is 22.9 Å². The number of aryl methyl sites for hydroxylation is 2. The molecule has 0 bridgehead atoms. The van der Waals surface area contributed by atoms with Gasteiger partial charge < -0.3 is 10.1 Å². The molecule has 0 fully saturated rings. The lowest BCUT2D eigenvalue weighted by Gasteiger charge is -2.16. The first-order valence-electron chi connectivity index (χ1n) is 8.42. The number of rotatable bonds is 5. The Labute approximate surface area is 155 Å². The molecule has 1 N–H and O–H groups in total. The first-order valence-corrected chi connectivity index (χ1v) is 9.22. The highest BCUT2D eigenvalue weighted by Gasteiger charge is 2.13. The van der Waals surface area contributed by atoms with Gasteiger partial charge in [0.05, 0.1) is 12.1 Å². The number of esters is 1. The van der Waals surface area contributed by atoms with E-state index < -0.39 is 5.97 Å². The average Bonchev–Trinajstić information content (AvgIpc) is 2.62. The van der Waals surface area contributed by atoms with Gasteiger partial charge in [-0.3, -0.25) is 9.59 Å². The Morgan fingerprint density at radius 3 is 2.60 bits per heavy atom. The van der Waals surface area contributed by atoms with Gasteiger partial charge in [-0.1, -0.05) is 30.3 Å². The fraction of sp³-hybridized carbons (Fsp3) is 0.300. The molecule has 4 nitrogen and oxygen atoms in total. The van der Waals surface area contributed by atoms with Crippen LogP contribution in [0.4, 0.5) is 5.69 Å². The number of anilines is 1. The topological polar surface area (TPSA) is 55.4 Å². The van der Waals surface area contributed by atoms with Gasteiger partial charge in [0, 0.05) is 4.47 Å². The van der Waals surface area contributed by atoms with Crippen LogP contribution in [0, 0.1) is 0 Å². The first kappa shape index (κ1) is 17.7. The largest absolute Gasteiger partial charge is 0.455 e. The van der Waals surface area contributed by atoms with Gasteiger partial charge in [-0.25, -0.2) is 0 Å². The molecule has 0 aliphatic heterocycles. The Hall–Kier alpha value is -2.14. The number of fused-ring (bicyclic) bond motifs is 1. The summed E-state index contributed by atoms with van der Waals surface area (Å²) in [6.45, 7) is -0.287. The highest BCUT2D eigenvalue weighted by atomic mass is 79.9. The molecule has 0 saturated heterocycles. The summed E-state index contributed by atoms with van der Waals surface area (Å²) in [5.41, 5.74) is 4.31. The van der Waals surface area contributed by atoms with Crippen molar-refractivity contribution in [3.63, 3.8) is 0 Å². The summed E-state index contributed by atoms with van der Waals surface area (Å²) >= 11 is 3.36. The van der Waals surface area contributed by atoms with E-state index in [1.165, 1.54) is 24.0 Å². The summed E-state index contributed by atoms with van der Waals surface area (Å²) in [6.07, 6.45) is 4.83. The molecular weight excluding hydrogens is 382 g/mol. The maximum atomic E-state index is 12.0. The molecule has 0 radical (unpaired) electrons. The van der Waals surface area contributed by atoms with Crippen LogP contribution in [-0.4, -0.2) is 18.5 Å². The normalized spacial score (nSPS) is 13.0. The van der Waals surface area contributed by atoms with Crippen LogP contribution in [0.25, 0.3) is 0 Å². The molecule has 1 aliphatic rings. The Morgan fingerprint density at radius 1 is 1.04 bits per heavy atom. The lowest BCUT2D eigenvalue weighted by molar-refractivity contribution is -0.146. The quantitative estimate of drug-likeness (QED) is 0.768. The van der Waals surface area contributed by atoms with Gasteiger partial charge in [0.15, 0.2) is 6.61 Å². The van der Waals surface area contributed by atoms with Gasteiger partial charge >= 0.3 is 5.97 Å². The number of halogens is 1. The summed E-state index contributed by atoms with van der Waals surface area (Å²) < 4.78 is 5.88. The van der Waals surface area contributed by atoms with E-state index >= 15 is 0 Å². The third kappa shape index (κ3) is 4.92. The minimum absolute atomic E-state index is 0.190. The number of nitrogens with one attached hydrogen (secondary N) is 1. The smallest absolute Gasteiger partial charge is 0.310 e. The van der Waals surface area contributed by atoms with Crippen LogP contribution in [0.5, 0.6) is 0 Å². The number of carbonyl (C=O) groups is 2. The molecule has 3 rings (SSSR count). The van der Waals surface area contributed by atoms with Crippen molar-refractivity contribution in [3.8, 4) is 0 Å². The fourth-order valence-electron chi connectivity index (χ4n) is 3.01. The summed E-state index contributed by atoms with van der Waals surface area (Å²) in [5, 5.41) is 2.71. The maximum Gasteiger partial charge on any atom is 0.310 e. The number of hydrogen-bond acceptors (Lipinski definition) is 3. The molecule has 0 spiro atoms. The monoisotopic (exact) mass is 401 g/mol. The summed E-state index contributed by atoms with van der Waals surface area (Å²) in [7, 11) is 0. The van der Waals surface area contributed by atoms with E-state index in [-0.39, 0.29) is 18.9 Å².